The molecule has 0 aliphatic heterocycles. The highest BCUT2D eigenvalue weighted by atomic mass is 16.2. The van der Waals surface area contributed by atoms with Gasteiger partial charge in [0.05, 0.1) is 6.54 Å². The summed E-state index contributed by atoms with van der Waals surface area (Å²) in [5, 5.41) is 11.7. The van der Waals surface area contributed by atoms with Gasteiger partial charge in [-0.25, -0.2) is 0 Å². The lowest BCUT2D eigenvalue weighted by atomic mass is 10.1. The number of nitrogens with one attached hydrogen (secondary N) is 4. The van der Waals surface area contributed by atoms with Gasteiger partial charge in [0.2, 0.25) is 11.8 Å². The molecule has 0 radical (unpaired) electrons. The Bertz CT molecular complexity index is 1150. The van der Waals surface area contributed by atoms with E-state index in [9.17, 15) is 14.4 Å². The van der Waals surface area contributed by atoms with Crippen molar-refractivity contribution in [3.63, 3.8) is 0 Å². The molecule has 0 bridgehead atoms. The average Bonchev–Trinajstić information content (AvgIpc) is 2.81. The van der Waals surface area contributed by atoms with Crippen LogP contribution in [0.4, 0.5) is 17.1 Å². The van der Waals surface area contributed by atoms with Gasteiger partial charge in [0.1, 0.15) is 0 Å². The second-order valence-corrected chi connectivity index (χ2v) is 9.30. The molecule has 3 aromatic carbocycles. The zero-order valence-electron chi connectivity index (χ0n) is 20.4. The first-order valence-corrected chi connectivity index (χ1v) is 11.6. The van der Waals surface area contributed by atoms with Crippen molar-refractivity contribution in [3.05, 3.63) is 90.0 Å². The van der Waals surface area contributed by atoms with Crippen molar-refractivity contribution < 1.29 is 14.4 Å². The van der Waals surface area contributed by atoms with E-state index in [1.54, 1.807) is 48.5 Å². The average molecular weight is 473 g/mol. The molecule has 0 saturated heterocycles. The Morgan fingerprint density at radius 2 is 1.34 bits per heavy atom. The van der Waals surface area contributed by atoms with Gasteiger partial charge in [-0.15, -0.1) is 0 Å². The van der Waals surface area contributed by atoms with E-state index >= 15 is 0 Å². The minimum Gasteiger partial charge on any atom is -0.376 e. The van der Waals surface area contributed by atoms with Crippen molar-refractivity contribution >= 4 is 34.8 Å². The summed E-state index contributed by atoms with van der Waals surface area (Å²) in [4.78, 5) is 36.9. The van der Waals surface area contributed by atoms with Crippen LogP contribution in [-0.4, -0.2) is 29.8 Å². The summed E-state index contributed by atoms with van der Waals surface area (Å²) in [6.45, 7) is 5.83. The molecule has 0 aromatic heterocycles. The molecule has 3 aromatic rings. The number of hydrogen-bond donors (Lipinski definition) is 4. The molecule has 0 fully saturated rings. The topological polar surface area (TPSA) is 99.3 Å². The summed E-state index contributed by atoms with van der Waals surface area (Å²) < 4.78 is 0. The predicted octanol–water partition coefficient (Wildman–Crippen LogP) is 4.84. The van der Waals surface area contributed by atoms with Crippen LogP contribution in [0.1, 0.15) is 43.1 Å². The quantitative estimate of drug-likeness (QED) is 0.358. The Hall–Kier alpha value is -4.13. The van der Waals surface area contributed by atoms with Gasteiger partial charge in [-0.3, -0.25) is 14.4 Å². The Balaban J connectivity index is 1.45. The van der Waals surface area contributed by atoms with Crippen LogP contribution < -0.4 is 21.3 Å². The number of aryl methyl sites for hydroxylation is 1. The fourth-order valence-corrected chi connectivity index (χ4v) is 3.34. The lowest BCUT2D eigenvalue weighted by Gasteiger charge is -2.20. The number of carbonyl (C=O) groups excluding carboxylic acids is 3. The van der Waals surface area contributed by atoms with E-state index in [4.69, 9.17) is 0 Å². The van der Waals surface area contributed by atoms with Crippen molar-refractivity contribution in [1.29, 1.82) is 0 Å². The molecule has 0 spiro atoms. The van der Waals surface area contributed by atoms with Crippen molar-refractivity contribution in [2.24, 2.45) is 0 Å². The van der Waals surface area contributed by atoms with Crippen LogP contribution in [0.3, 0.4) is 0 Å². The third-order valence-corrected chi connectivity index (χ3v) is 5.00. The zero-order chi connectivity index (χ0) is 25.3. The maximum absolute atomic E-state index is 12.4. The fraction of sp³-hybridized carbons (Fsp3) is 0.250. The highest BCUT2D eigenvalue weighted by Gasteiger charge is 2.15. The van der Waals surface area contributed by atoms with Gasteiger partial charge < -0.3 is 21.3 Å². The van der Waals surface area contributed by atoms with Gasteiger partial charge in [-0.2, -0.15) is 0 Å². The third kappa shape index (κ3) is 8.97. The van der Waals surface area contributed by atoms with Crippen LogP contribution in [0.25, 0.3) is 0 Å². The van der Waals surface area contributed by atoms with Crippen LogP contribution in [0.5, 0.6) is 0 Å². The molecule has 4 N–H and O–H groups in total. The van der Waals surface area contributed by atoms with E-state index < -0.39 is 0 Å². The summed E-state index contributed by atoms with van der Waals surface area (Å²) in [6, 6.07) is 23.8. The van der Waals surface area contributed by atoms with Crippen LogP contribution in [-0.2, 0) is 16.0 Å². The Kier molecular flexibility index (Phi) is 8.62. The molecule has 0 heterocycles. The first kappa shape index (κ1) is 25.5. The van der Waals surface area contributed by atoms with Crippen LogP contribution in [0.2, 0.25) is 0 Å². The molecule has 182 valence electrons. The van der Waals surface area contributed by atoms with Gasteiger partial charge >= 0.3 is 0 Å². The Morgan fingerprint density at radius 1 is 0.714 bits per heavy atom. The number of hydrogen-bond acceptors (Lipinski definition) is 4. The van der Waals surface area contributed by atoms with Crippen LogP contribution in [0, 0.1) is 0 Å². The molecule has 35 heavy (non-hydrogen) atoms. The first-order valence-electron chi connectivity index (χ1n) is 11.6. The van der Waals surface area contributed by atoms with Crippen molar-refractivity contribution in [2.75, 3.05) is 22.5 Å². The molecule has 0 unspecified atom stereocenters. The summed E-state index contributed by atoms with van der Waals surface area (Å²) in [5.74, 6) is -0.459. The van der Waals surface area contributed by atoms with E-state index in [-0.39, 0.29) is 29.8 Å². The monoisotopic (exact) mass is 472 g/mol. The predicted molar refractivity (Wildman–Crippen MR) is 141 cm³/mol. The number of benzene rings is 3. The van der Waals surface area contributed by atoms with E-state index in [1.165, 1.54) is 0 Å². The smallest absolute Gasteiger partial charge is 0.251 e. The van der Waals surface area contributed by atoms with Gasteiger partial charge in [0.25, 0.3) is 5.91 Å². The SMILES string of the molecule is CC(C)(C)NC(=O)c1ccc(NCC(=O)Nc2cccc(NC(=O)CCc3ccccc3)c2)cc1. The van der Waals surface area contributed by atoms with E-state index in [2.05, 4.69) is 21.3 Å². The minimum atomic E-state index is -0.311. The lowest BCUT2D eigenvalue weighted by molar-refractivity contribution is -0.116. The third-order valence-electron chi connectivity index (χ3n) is 5.00. The highest BCUT2D eigenvalue weighted by Crippen LogP contribution is 2.16. The van der Waals surface area contributed by atoms with Crippen molar-refractivity contribution in [3.8, 4) is 0 Å². The molecule has 0 aliphatic carbocycles. The summed E-state index contributed by atoms with van der Waals surface area (Å²) in [7, 11) is 0. The van der Waals surface area contributed by atoms with Crippen molar-refractivity contribution in [2.45, 2.75) is 39.2 Å². The van der Waals surface area contributed by atoms with Crippen molar-refractivity contribution in [1.82, 2.24) is 5.32 Å². The van der Waals surface area contributed by atoms with E-state index in [0.29, 0.717) is 29.8 Å². The maximum Gasteiger partial charge on any atom is 0.251 e. The molecule has 0 atom stereocenters. The Labute approximate surface area is 206 Å². The molecular weight excluding hydrogens is 440 g/mol. The maximum atomic E-state index is 12.4. The zero-order valence-corrected chi connectivity index (χ0v) is 20.4. The lowest BCUT2D eigenvalue weighted by Crippen LogP contribution is -2.40. The number of carbonyl (C=O) groups is 3. The van der Waals surface area contributed by atoms with Gasteiger partial charge in [0.15, 0.2) is 0 Å². The molecular formula is C28H32N4O3. The van der Waals surface area contributed by atoms with Gasteiger partial charge in [-0.05, 0) is 75.2 Å². The second kappa shape index (κ2) is 11.8. The number of anilines is 3. The molecule has 0 saturated carbocycles. The minimum absolute atomic E-state index is 0.0567. The molecule has 7 nitrogen and oxygen atoms in total. The largest absolute Gasteiger partial charge is 0.376 e. The molecule has 0 aliphatic rings. The fourth-order valence-electron chi connectivity index (χ4n) is 3.34. The van der Waals surface area contributed by atoms with E-state index in [1.807, 2.05) is 51.1 Å². The Morgan fingerprint density at radius 3 is 1.97 bits per heavy atom. The number of amides is 3. The van der Waals surface area contributed by atoms with E-state index in [0.717, 1.165) is 11.3 Å². The normalized spacial score (nSPS) is 10.8. The summed E-state index contributed by atoms with van der Waals surface area (Å²) in [6.07, 6.45) is 1.04. The standard InChI is InChI=1S/C28H32N4O3/c1-28(2,3)32-27(35)21-13-15-22(16-14-21)29-19-26(34)31-24-11-7-10-23(18-24)30-25(33)17-12-20-8-5-4-6-9-20/h4-11,13-16,18,29H,12,17,19H2,1-3H3,(H,30,33)(H,31,34)(H,32,35). The molecule has 3 amide bonds. The second-order valence-electron chi connectivity index (χ2n) is 9.30. The first-order chi connectivity index (χ1) is 16.7. The van der Waals surface area contributed by atoms with Gasteiger partial charge in [0, 0.05) is 34.6 Å². The number of rotatable bonds is 9. The summed E-state index contributed by atoms with van der Waals surface area (Å²) in [5.41, 5.74) is 3.29. The molecule has 7 heteroatoms. The van der Waals surface area contributed by atoms with Gasteiger partial charge in [-0.1, -0.05) is 36.4 Å². The molecule has 3 rings (SSSR count). The van der Waals surface area contributed by atoms with Crippen LogP contribution in [0.15, 0.2) is 78.9 Å². The van der Waals surface area contributed by atoms with Crippen LogP contribution >= 0.6 is 0 Å². The highest BCUT2D eigenvalue weighted by molar-refractivity contribution is 5.96. The summed E-state index contributed by atoms with van der Waals surface area (Å²) >= 11 is 0.